The van der Waals surface area contributed by atoms with E-state index < -0.39 is 0 Å². The number of methoxy groups -OCH3 is 2. The molecule has 1 aromatic carbocycles. The molecule has 1 aromatic heterocycles. The Bertz CT molecular complexity index is 537. The molecule has 2 rings (SSSR count). The van der Waals surface area contributed by atoms with Crippen molar-refractivity contribution in [3.63, 3.8) is 0 Å². The summed E-state index contributed by atoms with van der Waals surface area (Å²) in [5, 5.41) is 0.487. The van der Waals surface area contributed by atoms with Crippen LogP contribution in [-0.4, -0.2) is 24.2 Å². The molecular weight excluding hydrogens is 240 g/mol. The Morgan fingerprint density at radius 3 is 2.53 bits per heavy atom. The highest BCUT2D eigenvalue weighted by Gasteiger charge is 2.15. The van der Waals surface area contributed by atoms with Crippen molar-refractivity contribution in [3.05, 3.63) is 29.0 Å². The van der Waals surface area contributed by atoms with Crippen molar-refractivity contribution in [2.75, 3.05) is 14.2 Å². The van der Waals surface area contributed by atoms with E-state index in [9.17, 15) is 0 Å². The Labute approximate surface area is 105 Å². The summed E-state index contributed by atoms with van der Waals surface area (Å²) < 4.78 is 10.4. The zero-order valence-corrected chi connectivity index (χ0v) is 10.6. The lowest BCUT2D eigenvalue weighted by Crippen LogP contribution is -1.93. The number of ether oxygens (including phenoxy) is 2. The van der Waals surface area contributed by atoms with E-state index in [0.717, 1.165) is 11.3 Å². The Hall–Kier alpha value is -1.68. The monoisotopic (exact) mass is 252 g/mol. The third-order valence-corrected chi connectivity index (χ3v) is 2.82. The minimum absolute atomic E-state index is 0.487. The Morgan fingerprint density at radius 2 is 2.00 bits per heavy atom. The molecule has 0 spiro atoms. The first-order valence-electron chi connectivity index (χ1n) is 5.09. The Morgan fingerprint density at radius 1 is 1.24 bits per heavy atom. The summed E-state index contributed by atoms with van der Waals surface area (Å²) in [5.74, 6) is 1.83. The number of imidazole rings is 1. The first kappa shape index (κ1) is 11.8. The number of nitrogens with zero attached hydrogens (tertiary/aromatic N) is 1. The molecule has 0 fully saturated rings. The van der Waals surface area contributed by atoms with E-state index in [4.69, 9.17) is 21.1 Å². The average molecular weight is 253 g/mol. The number of nitrogens with one attached hydrogen (secondary N) is 1. The van der Waals surface area contributed by atoms with E-state index in [1.807, 2.05) is 13.0 Å². The fourth-order valence-electron chi connectivity index (χ4n) is 1.62. The van der Waals surface area contributed by atoms with Crippen LogP contribution < -0.4 is 9.47 Å². The van der Waals surface area contributed by atoms with Gasteiger partial charge in [0.05, 0.1) is 19.2 Å². The van der Waals surface area contributed by atoms with Gasteiger partial charge in [0.2, 0.25) is 0 Å². The molecule has 0 aliphatic heterocycles. The van der Waals surface area contributed by atoms with Gasteiger partial charge < -0.3 is 14.5 Å². The molecule has 0 aliphatic rings. The van der Waals surface area contributed by atoms with Gasteiger partial charge in [-0.05, 0) is 19.1 Å². The van der Waals surface area contributed by atoms with Gasteiger partial charge in [-0.25, -0.2) is 4.98 Å². The lowest BCUT2D eigenvalue weighted by molar-refractivity contribution is 0.355. The van der Waals surface area contributed by atoms with Crippen LogP contribution in [0.4, 0.5) is 0 Å². The maximum absolute atomic E-state index is 6.27. The predicted molar refractivity (Wildman–Crippen MR) is 66.9 cm³/mol. The summed E-state index contributed by atoms with van der Waals surface area (Å²) in [7, 11) is 3.13. The van der Waals surface area contributed by atoms with Gasteiger partial charge in [-0.2, -0.15) is 0 Å². The van der Waals surface area contributed by atoms with Crippen molar-refractivity contribution in [1.82, 2.24) is 9.97 Å². The molecule has 0 unspecified atom stereocenters. The highest BCUT2D eigenvalue weighted by Crippen LogP contribution is 2.40. The third kappa shape index (κ3) is 2.08. The predicted octanol–water partition coefficient (Wildman–Crippen LogP) is 3.06. The van der Waals surface area contributed by atoms with E-state index in [2.05, 4.69) is 9.97 Å². The van der Waals surface area contributed by atoms with Crippen molar-refractivity contribution < 1.29 is 9.47 Å². The lowest BCUT2D eigenvalue weighted by atomic mass is 10.2. The van der Waals surface area contributed by atoms with Crippen LogP contribution in [0.5, 0.6) is 11.5 Å². The average Bonchev–Trinajstić information content (AvgIpc) is 2.75. The molecule has 0 saturated heterocycles. The van der Waals surface area contributed by atoms with Gasteiger partial charge in [-0.15, -0.1) is 0 Å². The van der Waals surface area contributed by atoms with Crippen LogP contribution in [0, 0.1) is 6.92 Å². The van der Waals surface area contributed by atoms with Gasteiger partial charge in [0.25, 0.3) is 0 Å². The number of rotatable bonds is 3. The molecule has 90 valence electrons. The maximum atomic E-state index is 6.27. The van der Waals surface area contributed by atoms with Gasteiger partial charge in [-0.3, -0.25) is 0 Å². The number of aromatic amines is 1. The van der Waals surface area contributed by atoms with Crippen molar-refractivity contribution in [3.8, 4) is 22.9 Å². The van der Waals surface area contributed by atoms with Crippen LogP contribution >= 0.6 is 11.6 Å². The van der Waals surface area contributed by atoms with Crippen LogP contribution in [0.2, 0.25) is 5.02 Å². The third-order valence-electron chi connectivity index (χ3n) is 2.44. The Kier molecular flexibility index (Phi) is 3.24. The molecule has 1 heterocycles. The van der Waals surface area contributed by atoms with Crippen molar-refractivity contribution in [1.29, 1.82) is 0 Å². The summed E-state index contributed by atoms with van der Waals surface area (Å²) in [5.41, 5.74) is 1.77. The number of hydrogen-bond donors (Lipinski definition) is 1. The van der Waals surface area contributed by atoms with E-state index in [1.165, 1.54) is 0 Å². The molecule has 0 bridgehead atoms. The highest BCUT2D eigenvalue weighted by molar-refractivity contribution is 6.35. The smallest absolute Gasteiger partial charge is 0.180 e. The van der Waals surface area contributed by atoms with Gasteiger partial charge in [0.1, 0.15) is 5.82 Å². The van der Waals surface area contributed by atoms with Crippen LogP contribution in [0.15, 0.2) is 18.3 Å². The standard InChI is InChI=1S/C12H13ClN2O2/c1-7-6-14-12(15-7)8-4-5-9(16-2)11(17-3)10(8)13/h4-6H,1-3H3,(H,14,15). The van der Waals surface area contributed by atoms with Crippen LogP contribution in [0.3, 0.4) is 0 Å². The van der Waals surface area contributed by atoms with E-state index in [-0.39, 0.29) is 0 Å². The zero-order chi connectivity index (χ0) is 12.4. The molecule has 0 atom stereocenters. The van der Waals surface area contributed by atoms with E-state index in [1.54, 1.807) is 26.5 Å². The number of H-pyrrole nitrogens is 1. The fourth-order valence-corrected chi connectivity index (χ4v) is 1.94. The summed E-state index contributed by atoms with van der Waals surface area (Å²) in [6.45, 7) is 1.94. The van der Waals surface area contributed by atoms with E-state index >= 15 is 0 Å². The van der Waals surface area contributed by atoms with Crippen LogP contribution in [0.25, 0.3) is 11.4 Å². The second-order valence-electron chi connectivity index (χ2n) is 3.58. The second-order valence-corrected chi connectivity index (χ2v) is 3.96. The second kappa shape index (κ2) is 4.67. The van der Waals surface area contributed by atoms with Gasteiger partial charge in [0, 0.05) is 17.5 Å². The van der Waals surface area contributed by atoms with Gasteiger partial charge >= 0.3 is 0 Å². The molecule has 17 heavy (non-hydrogen) atoms. The Balaban J connectivity index is 2.56. The number of aryl methyl sites for hydroxylation is 1. The number of hydrogen-bond acceptors (Lipinski definition) is 3. The molecule has 4 nitrogen and oxygen atoms in total. The molecule has 0 saturated carbocycles. The molecule has 1 N–H and O–H groups in total. The first-order chi connectivity index (χ1) is 8.17. The maximum Gasteiger partial charge on any atom is 0.180 e. The van der Waals surface area contributed by atoms with Gasteiger partial charge in [-0.1, -0.05) is 11.6 Å². The molecule has 0 radical (unpaired) electrons. The topological polar surface area (TPSA) is 47.1 Å². The zero-order valence-electron chi connectivity index (χ0n) is 9.87. The molecular formula is C12H13ClN2O2. The minimum Gasteiger partial charge on any atom is -0.493 e. The van der Waals surface area contributed by atoms with Gasteiger partial charge in [0.15, 0.2) is 11.5 Å². The lowest BCUT2D eigenvalue weighted by Gasteiger charge is -2.11. The summed E-state index contributed by atoms with van der Waals surface area (Å²) in [6, 6.07) is 3.65. The quantitative estimate of drug-likeness (QED) is 0.913. The first-order valence-corrected chi connectivity index (χ1v) is 5.47. The van der Waals surface area contributed by atoms with Crippen molar-refractivity contribution in [2.45, 2.75) is 6.92 Å². The van der Waals surface area contributed by atoms with Crippen LogP contribution in [0.1, 0.15) is 5.69 Å². The number of aromatic nitrogens is 2. The molecule has 0 amide bonds. The highest BCUT2D eigenvalue weighted by atomic mass is 35.5. The van der Waals surface area contributed by atoms with Crippen molar-refractivity contribution >= 4 is 11.6 Å². The fraction of sp³-hybridized carbons (Fsp3) is 0.250. The minimum atomic E-state index is 0.487. The van der Waals surface area contributed by atoms with Crippen molar-refractivity contribution in [2.24, 2.45) is 0 Å². The largest absolute Gasteiger partial charge is 0.493 e. The normalized spacial score (nSPS) is 10.4. The van der Waals surface area contributed by atoms with Crippen LogP contribution in [-0.2, 0) is 0 Å². The summed E-state index contributed by atoms with van der Waals surface area (Å²) in [6.07, 6.45) is 1.75. The molecule has 0 aliphatic carbocycles. The molecule has 5 heteroatoms. The number of benzene rings is 1. The summed E-state index contributed by atoms with van der Waals surface area (Å²) in [4.78, 5) is 7.37. The summed E-state index contributed by atoms with van der Waals surface area (Å²) >= 11 is 6.27. The number of halogens is 1. The van der Waals surface area contributed by atoms with E-state index in [0.29, 0.717) is 22.3 Å². The molecule has 2 aromatic rings. The SMILES string of the molecule is COc1ccc(-c2ncc(C)[nH]2)c(Cl)c1OC.